The van der Waals surface area contributed by atoms with E-state index in [1.165, 1.54) is 5.69 Å². The van der Waals surface area contributed by atoms with Crippen molar-refractivity contribution < 1.29 is 0 Å². The molecule has 0 aliphatic carbocycles. The average molecular weight is 300 g/mol. The summed E-state index contributed by atoms with van der Waals surface area (Å²) in [4.78, 5) is 4.46. The third-order valence-corrected chi connectivity index (χ3v) is 4.04. The van der Waals surface area contributed by atoms with Crippen LogP contribution in [-0.2, 0) is 13.1 Å². The molecule has 2 aromatic heterocycles. The van der Waals surface area contributed by atoms with Gasteiger partial charge in [0.05, 0.1) is 22.8 Å². The Balaban J connectivity index is 1.97. The van der Waals surface area contributed by atoms with Gasteiger partial charge in [-0.2, -0.15) is 0 Å². The summed E-state index contributed by atoms with van der Waals surface area (Å²) in [6, 6.07) is 10.2. The average Bonchev–Trinajstić information content (AvgIpc) is 2.94. The van der Waals surface area contributed by atoms with Gasteiger partial charge in [-0.1, -0.05) is 11.6 Å². The zero-order valence-electron chi connectivity index (χ0n) is 12.2. The quantitative estimate of drug-likeness (QED) is 0.761. The summed E-state index contributed by atoms with van der Waals surface area (Å²) in [5.74, 6) is 0. The van der Waals surface area contributed by atoms with Gasteiger partial charge >= 0.3 is 0 Å². The lowest BCUT2D eigenvalue weighted by Crippen LogP contribution is -2.07. The van der Waals surface area contributed by atoms with Gasteiger partial charge in [-0.15, -0.1) is 0 Å². The standard InChI is InChI=1S/C17H18ClN3/c1-3-21-9-5-6-13(21)11-20-17-14-7-4-8-19-16(14)12(2)10-15(17)18/h4-10,20H,3,11H2,1-2H3. The number of halogens is 1. The van der Waals surface area contributed by atoms with Crippen molar-refractivity contribution in [2.45, 2.75) is 26.9 Å². The van der Waals surface area contributed by atoms with Crippen LogP contribution < -0.4 is 5.32 Å². The first-order chi connectivity index (χ1) is 10.2. The number of aryl methyl sites for hydroxylation is 2. The molecule has 0 saturated carbocycles. The van der Waals surface area contributed by atoms with Gasteiger partial charge in [-0.25, -0.2) is 0 Å². The third kappa shape index (κ3) is 2.61. The second kappa shape index (κ2) is 5.78. The highest BCUT2D eigenvalue weighted by atomic mass is 35.5. The van der Waals surface area contributed by atoms with Crippen LogP contribution in [-0.4, -0.2) is 9.55 Å². The van der Waals surface area contributed by atoms with Gasteiger partial charge in [-0.05, 0) is 49.7 Å². The predicted molar refractivity (Wildman–Crippen MR) is 88.9 cm³/mol. The van der Waals surface area contributed by atoms with Crippen molar-refractivity contribution in [2.75, 3.05) is 5.32 Å². The van der Waals surface area contributed by atoms with Crippen LogP contribution >= 0.6 is 11.6 Å². The van der Waals surface area contributed by atoms with Crippen molar-refractivity contribution in [2.24, 2.45) is 0 Å². The maximum Gasteiger partial charge on any atom is 0.0752 e. The highest BCUT2D eigenvalue weighted by Gasteiger charge is 2.10. The smallest absolute Gasteiger partial charge is 0.0752 e. The predicted octanol–water partition coefficient (Wildman–Crippen LogP) is 4.63. The number of rotatable bonds is 4. The maximum absolute atomic E-state index is 6.43. The van der Waals surface area contributed by atoms with Crippen molar-refractivity contribution in [3.05, 3.63) is 59.0 Å². The van der Waals surface area contributed by atoms with Gasteiger partial charge in [0.1, 0.15) is 0 Å². The second-order valence-corrected chi connectivity index (χ2v) is 5.50. The van der Waals surface area contributed by atoms with Crippen molar-refractivity contribution >= 4 is 28.2 Å². The molecule has 3 aromatic rings. The van der Waals surface area contributed by atoms with Crippen molar-refractivity contribution in [3.63, 3.8) is 0 Å². The van der Waals surface area contributed by atoms with E-state index in [0.29, 0.717) is 0 Å². The number of benzene rings is 1. The molecule has 2 heterocycles. The minimum Gasteiger partial charge on any atom is -0.378 e. The van der Waals surface area contributed by atoms with Crippen LogP contribution in [0.25, 0.3) is 10.9 Å². The van der Waals surface area contributed by atoms with E-state index in [2.05, 4.69) is 46.2 Å². The first-order valence-corrected chi connectivity index (χ1v) is 7.50. The lowest BCUT2D eigenvalue weighted by molar-refractivity contribution is 0.724. The minimum absolute atomic E-state index is 0.739. The molecule has 0 bridgehead atoms. The second-order valence-electron chi connectivity index (χ2n) is 5.09. The largest absolute Gasteiger partial charge is 0.378 e. The van der Waals surface area contributed by atoms with Crippen molar-refractivity contribution in [1.82, 2.24) is 9.55 Å². The van der Waals surface area contributed by atoms with Crippen molar-refractivity contribution in [3.8, 4) is 0 Å². The maximum atomic E-state index is 6.43. The Hall–Kier alpha value is -2.00. The molecule has 0 saturated heterocycles. The molecule has 1 aromatic carbocycles. The van der Waals surface area contributed by atoms with E-state index in [1.807, 2.05) is 25.3 Å². The van der Waals surface area contributed by atoms with Gasteiger partial charge in [0.15, 0.2) is 0 Å². The summed E-state index contributed by atoms with van der Waals surface area (Å²) in [6.45, 7) is 5.89. The molecule has 21 heavy (non-hydrogen) atoms. The number of aromatic nitrogens is 2. The Morgan fingerprint density at radius 1 is 1.29 bits per heavy atom. The van der Waals surface area contributed by atoms with E-state index in [0.717, 1.165) is 40.3 Å². The minimum atomic E-state index is 0.739. The first kappa shape index (κ1) is 14.0. The number of nitrogens with one attached hydrogen (secondary N) is 1. The lowest BCUT2D eigenvalue weighted by Gasteiger charge is -2.14. The van der Waals surface area contributed by atoms with E-state index in [1.54, 1.807) is 0 Å². The highest BCUT2D eigenvalue weighted by Crippen LogP contribution is 2.32. The Morgan fingerprint density at radius 3 is 2.95 bits per heavy atom. The van der Waals surface area contributed by atoms with Gasteiger partial charge in [0, 0.05) is 30.0 Å². The number of hydrogen-bond donors (Lipinski definition) is 1. The normalized spacial score (nSPS) is 11.0. The summed E-state index contributed by atoms with van der Waals surface area (Å²) >= 11 is 6.43. The Bertz CT molecular complexity index is 777. The molecular weight excluding hydrogens is 282 g/mol. The molecule has 0 fully saturated rings. The monoisotopic (exact) mass is 299 g/mol. The molecule has 3 rings (SSSR count). The van der Waals surface area contributed by atoms with Crippen LogP contribution in [0.3, 0.4) is 0 Å². The lowest BCUT2D eigenvalue weighted by atomic mass is 10.1. The van der Waals surface area contributed by atoms with Crippen LogP contribution in [0, 0.1) is 6.92 Å². The van der Waals surface area contributed by atoms with Crippen molar-refractivity contribution in [1.29, 1.82) is 0 Å². The van der Waals surface area contributed by atoms with E-state index in [-0.39, 0.29) is 0 Å². The fraction of sp³-hybridized carbons (Fsp3) is 0.235. The highest BCUT2D eigenvalue weighted by molar-refractivity contribution is 6.35. The summed E-state index contributed by atoms with van der Waals surface area (Å²) in [7, 11) is 0. The third-order valence-electron chi connectivity index (χ3n) is 3.74. The van der Waals surface area contributed by atoms with E-state index in [9.17, 15) is 0 Å². The Labute approximate surface area is 129 Å². The van der Waals surface area contributed by atoms with Crippen LogP contribution in [0.5, 0.6) is 0 Å². The van der Waals surface area contributed by atoms with E-state index < -0.39 is 0 Å². The summed E-state index contributed by atoms with van der Waals surface area (Å²) in [6.07, 6.45) is 3.91. The zero-order valence-corrected chi connectivity index (χ0v) is 13.0. The molecule has 4 heteroatoms. The van der Waals surface area contributed by atoms with Crippen LogP contribution in [0.15, 0.2) is 42.7 Å². The Kier molecular flexibility index (Phi) is 3.84. The zero-order chi connectivity index (χ0) is 14.8. The fourth-order valence-electron chi connectivity index (χ4n) is 2.66. The number of anilines is 1. The fourth-order valence-corrected chi connectivity index (χ4v) is 2.99. The van der Waals surface area contributed by atoms with Gasteiger partial charge in [0.2, 0.25) is 0 Å². The summed E-state index contributed by atoms with van der Waals surface area (Å²) < 4.78 is 2.22. The number of hydrogen-bond acceptors (Lipinski definition) is 2. The molecule has 0 aliphatic heterocycles. The van der Waals surface area contributed by atoms with Gasteiger partial charge in [-0.3, -0.25) is 4.98 Å². The van der Waals surface area contributed by atoms with Gasteiger partial charge in [0.25, 0.3) is 0 Å². The van der Waals surface area contributed by atoms with Crippen LogP contribution in [0.1, 0.15) is 18.2 Å². The molecule has 0 unspecified atom stereocenters. The Morgan fingerprint density at radius 2 is 2.14 bits per heavy atom. The molecular formula is C17H18ClN3. The molecule has 3 nitrogen and oxygen atoms in total. The van der Waals surface area contributed by atoms with E-state index >= 15 is 0 Å². The number of fused-ring (bicyclic) bond motifs is 1. The first-order valence-electron chi connectivity index (χ1n) is 7.12. The summed E-state index contributed by atoms with van der Waals surface area (Å²) in [5.41, 5.74) is 4.29. The molecule has 0 amide bonds. The van der Waals surface area contributed by atoms with Gasteiger partial charge < -0.3 is 9.88 Å². The number of nitrogens with zero attached hydrogens (tertiary/aromatic N) is 2. The molecule has 0 atom stereocenters. The molecule has 1 N–H and O–H groups in total. The topological polar surface area (TPSA) is 29.9 Å². The molecule has 108 valence electrons. The van der Waals surface area contributed by atoms with Crippen LogP contribution in [0.4, 0.5) is 5.69 Å². The summed E-state index contributed by atoms with van der Waals surface area (Å²) in [5, 5.41) is 5.27. The molecule has 0 radical (unpaired) electrons. The van der Waals surface area contributed by atoms with Crippen LogP contribution in [0.2, 0.25) is 5.02 Å². The molecule has 0 aliphatic rings. The molecule has 0 spiro atoms. The van der Waals surface area contributed by atoms with E-state index in [4.69, 9.17) is 11.6 Å². The number of pyridine rings is 1. The SMILES string of the molecule is CCn1cccc1CNc1c(Cl)cc(C)c2ncccc12.